The number of nitro benzene ring substituents is 1. The molecule has 1 aromatic carbocycles. The number of benzene rings is 1. The SMILES string of the molecule is Cn1ccnc1C(=O)c1ccc(NCc2nc(-c3cccs3)n[nH]2)c([N+](=O)[O-])c1. The van der Waals surface area contributed by atoms with Gasteiger partial charge in [0.1, 0.15) is 11.5 Å². The summed E-state index contributed by atoms with van der Waals surface area (Å²) >= 11 is 1.52. The Morgan fingerprint density at radius 2 is 2.24 bits per heavy atom. The molecule has 2 N–H and O–H groups in total. The quantitative estimate of drug-likeness (QED) is 0.272. The maximum absolute atomic E-state index is 12.6. The van der Waals surface area contributed by atoms with Crippen molar-refractivity contribution in [1.82, 2.24) is 24.7 Å². The van der Waals surface area contributed by atoms with E-state index >= 15 is 0 Å². The second-order valence-corrected chi connectivity index (χ2v) is 7.06. The smallest absolute Gasteiger partial charge is 0.293 e. The number of nitrogens with one attached hydrogen (secondary N) is 2. The topological polar surface area (TPSA) is 132 Å². The fraction of sp³-hybridized carbons (Fsp3) is 0.111. The van der Waals surface area contributed by atoms with E-state index < -0.39 is 4.92 Å². The number of carbonyl (C=O) groups is 1. The first-order valence-corrected chi connectivity index (χ1v) is 9.40. The van der Waals surface area contributed by atoms with Crippen molar-refractivity contribution >= 4 is 28.5 Å². The second kappa shape index (κ2) is 7.64. The van der Waals surface area contributed by atoms with Crippen LogP contribution in [0.3, 0.4) is 0 Å². The van der Waals surface area contributed by atoms with E-state index in [-0.39, 0.29) is 35.1 Å². The zero-order chi connectivity index (χ0) is 20.4. The number of H-pyrrole nitrogens is 1. The zero-order valence-corrected chi connectivity index (χ0v) is 16.0. The number of carbonyl (C=O) groups excluding carboxylic acids is 1. The summed E-state index contributed by atoms with van der Waals surface area (Å²) in [6, 6.07) is 8.10. The number of thiophene rings is 1. The van der Waals surface area contributed by atoms with E-state index in [2.05, 4.69) is 25.5 Å². The summed E-state index contributed by atoms with van der Waals surface area (Å²) in [7, 11) is 1.69. The van der Waals surface area contributed by atoms with Gasteiger partial charge in [0.05, 0.1) is 16.3 Å². The molecule has 0 spiro atoms. The highest BCUT2D eigenvalue weighted by atomic mass is 32.1. The van der Waals surface area contributed by atoms with Crippen LogP contribution in [-0.4, -0.2) is 35.4 Å². The Morgan fingerprint density at radius 3 is 2.93 bits per heavy atom. The van der Waals surface area contributed by atoms with Crippen molar-refractivity contribution in [3.8, 4) is 10.7 Å². The molecule has 0 radical (unpaired) electrons. The van der Waals surface area contributed by atoms with Crippen molar-refractivity contribution in [2.75, 3.05) is 5.32 Å². The van der Waals surface area contributed by atoms with E-state index in [4.69, 9.17) is 0 Å². The van der Waals surface area contributed by atoms with Crippen LogP contribution in [-0.2, 0) is 13.6 Å². The van der Waals surface area contributed by atoms with E-state index in [1.165, 1.54) is 35.7 Å². The first-order chi connectivity index (χ1) is 14.0. The predicted molar refractivity (Wildman–Crippen MR) is 107 cm³/mol. The summed E-state index contributed by atoms with van der Waals surface area (Å²) in [5, 5.41) is 23.4. The van der Waals surface area contributed by atoms with Crippen LogP contribution in [0.25, 0.3) is 10.7 Å². The maximum atomic E-state index is 12.6. The lowest BCUT2D eigenvalue weighted by Gasteiger charge is -2.07. The number of hydrogen-bond acceptors (Lipinski definition) is 8. The fourth-order valence-corrected chi connectivity index (χ4v) is 3.41. The number of anilines is 1. The summed E-state index contributed by atoms with van der Waals surface area (Å²) in [4.78, 5) is 32.8. The Morgan fingerprint density at radius 1 is 1.38 bits per heavy atom. The van der Waals surface area contributed by atoms with Crippen LogP contribution < -0.4 is 5.32 Å². The second-order valence-electron chi connectivity index (χ2n) is 6.12. The summed E-state index contributed by atoms with van der Waals surface area (Å²) in [5.41, 5.74) is 0.264. The Hall–Kier alpha value is -3.86. The first kappa shape index (κ1) is 18.5. The number of imidazole rings is 1. The number of hydrogen-bond donors (Lipinski definition) is 2. The van der Waals surface area contributed by atoms with Gasteiger partial charge in [-0.25, -0.2) is 9.97 Å². The van der Waals surface area contributed by atoms with Crippen molar-refractivity contribution in [2.45, 2.75) is 6.54 Å². The molecule has 11 heteroatoms. The van der Waals surface area contributed by atoms with Crippen LogP contribution in [0.1, 0.15) is 22.0 Å². The highest BCUT2D eigenvalue weighted by molar-refractivity contribution is 7.13. The van der Waals surface area contributed by atoms with Gasteiger partial charge in [-0.3, -0.25) is 20.0 Å². The molecule has 0 aliphatic carbocycles. The number of ketones is 1. The molecular formula is C18H15N7O3S. The van der Waals surface area contributed by atoms with Crippen molar-refractivity contribution in [3.63, 3.8) is 0 Å². The third-order valence-electron chi connectivity index (χ3n) is 4.20. The van der Waals surface area contributed by atoms with Crippen LogP contribution in [0.4, 0.5) is 11.4 Å². The molecule has 0 aliphatic rings. The minimum Gasteiger partial charge on any atom is -0.372 e. The fourth-order valence-electron chi connectivity index (χ4n) is 2.76. The van der Waals surface area contributed by atoms with Gasteiger partial charge in [0, 0.05) is 31.1 Å². The molecule has 3 heterocycles. The number of aryl methyl sites for hydroxylation is 1. The van der Waals surface area contributed by atoms with Gasteiger partial charge < -0.3 is 9.88 Å². The molecule has 4 aromatic rings. The van der Waals surface area contributed by atoms with Crippen molar-refractivity contribution in [2.24, 2.45) is 7.05 Å². The lowest BCUT2D eigenvalue weighted by molar-refractivity contribution is -0.384. The largest absolute Gasteiger partial charge is 0.372 e. The van der Waals surface area contributed by atoms with Gasteiger partial charge in [0.2, 0.25) is 5.78 Å². The molecule has 0 amide bonds. The number of nitrogens with zero attached hydrogens (tertiary/aromatic N) is 5. The van der Waals surface area contributed by atoms with E-state index in [9.17, 15) is 14.9 Å². The first-order valence-electron chi connectivity index (χ1n) is 8.52. The van der Waals surface area contributed by atoms with E-state index in [0.29, 0.717) is 11.6 Å². The van der Waals surface area contributed by atoms with Crippen LogP contribution in [0.5, 0.6) is 0 Å². The van der Waals surface area contributed by atoms with Crippen LogP contribution in [0.2, 0.25) is 0 Å². The third-order valence-corrected chi connectivity index (χ3v) is 5.07. The van der Waals surface area contributed by atoms with Gasteiger partial charge in [-0.05, 0) is 23.6 Å². The molecule has 29 heavy (non-hydrogen) atoms. The van der Waals surface area contributed by atoms with Crippen LogP contribution >= 0.6 is 11.3 Å². The molecule has 10 nitrogen and oxygen atoms in total. The number of nitro groups is 1. The lowest BCUT2D eigenvalue weighted by Crippen LogP contribution is -2.10. The van der Waals surface area contributed by atoms with Gasteiger partial charge in [-0.1, -0.05) is 6.07 Å². The molecule has 0 saturated heterocycles. The van der Waals surface area contributed by atoms with E-state index in [0.717, 1.165) is 4.88 Å². The van der Waals surface area contributed by atoms with Crippen LogP contribution in [0, 0.1) is 10.1 Å². The van der Waals surface area contributed by atoms with Gasteiger partial charge in [-0.2, -0.15) is 5.10 Å². The molecule has 0 atom stereocenters. The Labute approximate surface area is 168 Å². The number of rotatable bonds is 7. The molecule has 3 aromatic heterocycles. The number of aromatic nitrogens is 5. The normalized spacial score (nSPS) is 10.8. The van der Waals surface area contributed by atoms with Gasteiger partial charge in [-0.15, -0.1) is 11.3 Å². The molecule has 0 saturated carbocycles. The standard InChI is InChI=1S/C18H15N7O3S/c1-24-7-6-19-18(24)16(26)11-4-5-12(13(9-11)25(27)28)20-10-15-21-17(23-22-15)14-3-2-8-29-14/h2-9,20H,10H2,1H3,(H,21,22,23). The minimum absolute atomic E-state index is 0.191. The maximum Gasteiger partial charge on any atom is 0.293 e. The highest BCUT2D eigenvalue weighted by Crippen LogP contribution is 2.27. The van der Waals surface area contributed by atoms with E-state index in [1.807, 2.05) is 17.5 Å². The van der Waals surface area contributed by atoms with Gasteiger partial charge >= 0.3 is 0 Å². The monoisotopic (exact) mass is 409 g/mol. The molecule has 0 bridgehead atoms. The summed E-state index contributed by atoms with van der Waals surface area (Å²) in [6.07, 6.45) is 3.14. The Bertz CT molecular complexity index is 1180. The molecular weight excluding hydrogens is 394 g/mol. The molecule has 0 unspecified atom stereocenters. The number of aromatic amines is 1. The minimum atomic E-state index is -0.533. The Kier molecular flexibility index (Phi) is 4.87. The molecule has 146 valence electrons. The van der Waals surface area contributed by atoms with Gasteiger partial charge in [0.15, 0.2) is 11.6 Å². The van der Waals surface area contributed by atoms with E-state index in [1.54, 1.807) is 17.8 Å². The molecule has 4 rings (SSSR count). The van der Waals surface area contributed by atoms with Crippen molar-refractivity contribution in [3.05, 3.63) is 75.4 Å². The average Bonchev–Trinajstić information content (AvgIpc) is 3.47. The van der Waals surface area contributed by atoms with Crippen molar-refractivity contribution < 1.29 is 9.72 Å². The molecule has 0 fully saturated rings. The zero-order valence-electron chi connectivity index (χ0n) is 15.2. The summed E-state index contributed by atoms with van der Waals surface area (Å²) in [5.74, 6) is 0.934. The Balaban J connectivity index is 1.54. The lowest BCUT2D eigenvalue weighted by atomic mass is 10.1. The van der Waals surface area contributed by atoms with Crippen LogP contribution in [0.15, 0.2) is 48.1 Å². The summed E-state index contributed by atoms with van der Waals surface area (Å²) < 4.78 is 1.56. The highest BCUT2D eigenvalue weighted by Gasteiger charge is 2.20. The third kappa shape index (κ3) is 3.75. The molecule has 0 aliphatic heterocycles. The summed E-state index contributed by atoms with van der Waals surface area (Å²) in [6.45, 7) is 0.214. The predicted octanol–water partition coefficient (Wildman–Crippen LogP) is 3.02. The van der Waals surface area contributed by atoms with Crippen molar-refractivity contribution in [1.29, 1.82) is 0 Å². The average molecular weight is 409 g/mol. The van der Waals surface area contributed by atoms with Gasteiger partial charge in [0.25, 0.3) is 5.69 Å².